The number of hydrogen-bond donors (Lipinski definition) is 0. The van der Waals surface area contributed by atoms with Gasteiger partial charge in [0.15, 0.2) is 11.5 Å². The fourth-order valence-electron chi connectivity index (χ4n) is 2.71. The van der Waals surface area contributed by atoms with Gasteiger partial charge in [-0.1, -0.05) is 53.3 Å². The summed E-state index contributed by atoms with van der Waals surface area (Å²) in [7, 11) is 1.66. The number of thioether (sulfide) groups is 1. The Morgan fingerprint density at radius 2 is 1.83 bits per heavy atom. The molecule has 1 heterocycles. The van der Waals surface area contributed by atoms with Crippen molar-refractivity contribution in [2.75, 3.05) is 26.9 Å². The van der Waals surface area contributed by atoms with E-state index < -0.39 is 0 Å². The molecule has 30 heavy (non-hydrogen) atoms. The molecule has 2 aromatic rings. The molecule has 1 saturated heterocycles. The lowest BCUT2D eigenvalue weighted by atomic mass is 10.1. The number of nitrogens with zero attached hydrogens (tertiary/aromatic N) is 1. The van der Waals surface area contributed by atoms with Gasteiger partial charge in [-0.2, -0.15) is 0 Å². The van der Waals surface area contributed by atoms with Gasteiger partial charge in [-0.15, -0.1) is 0 Å². The first-order valence-corrected chi connectivity index (χ1v) is 11.0. The highest BCUT2D eigenvalue weighted by molar-refractivity contribution is 8.26. The first kappa shape index (κ1) is 22.5. The van der Waals surface area contributed by atoms with Crippen LogP contribution in [0, 0.1) is 6.92 Å². The summed E-state index contributed by atoms with van der Waals surface area (Å²) in [6.07, 6.45) is 1.75. The van der Waals surface area contributed by atoms with E-state index in [1.165, 1.54) is 22.2 Å². The van der Waals surface area contributed by atoms with Crippen LogP contribution in [0.25, 0.3) is 6.08 Å². The second kappa shape index (κ2) is 10.2. The predicted molar refractivity (Wildman–Crippen MR) is 126 cm³/mol. The molecule has 1 amide bonds. The van der Waals surface area contributed by atoms with Crippen molar-refractivity contribution < 1.29 is 19.0 Å². The number of ether oxygens (including phenoxy) is 3. The van der Waals surface area contributed by atoms with Gasteiger partial charge in [0.25, 0.3) is 5.91 Å². The quantitative estimate of drug-likeness (QED) is 0.299. The molecule has 2 aromatic carbocycles. The van der Waals surface area contributed by atoms with Crippen LogP contribution in [0.2, 0.25) is 5.02 Å². The summed E-state index contributed by atoms with van der Waals surface area (Å²) >= 11 is 12.9. The zero-order valence-corrected chi connectivity index (χ0v) is 19.3. The average Bonchev–Trinajstić information content (AvgIpc) is 2.95. The highest BCUT2D eigenvalue weighted by Crippen LogP contribution is 2.39. The summed E-state index contributed by atoms with van der Waals surface area (Å²) in [6.45, 7) is 5.03. The number of hydrogen-bond acceptors (Lipinski definition) is 6. The van der Waals surface area contributed by atoms with Crippen molar-refractivity contribution in [1.82, 2.24) is 4.90 Å². The molecule has 0 atom stereocenters. The van der Waals surface area contributed by atoms with Crippen molar-refractivity contribution in [2.24, 2.45) is 0 Å². The Kier molecular flexibility index (Phi) is 7.64. The fraction of sp³-hybridized carbons (Fsp3) is 0.273. The molecule has 0 aromatic heterocycles. The second-order valence-corrected chi connectivity index (χ2v) is 8.60. The van der Waals surface area contributed by atoms with Crippen LogP contribution in [0.4, 0.5) is 0 Å². The first-order valence-electron chi connectivity index (χ1n) is 9.39. The smallest absolute Gasteiger partial charge is 0.265 e. The zero-order chi connectivity index (χ0) is 21.7. The maximum Gasteiger partial charge on any atom is 0.265 e. The molecule has 1 aliphatic rings. The van der Waals surface area contributed by atoms with Gasteiger partial charge >= 0.3 is 0 Å². The number of thiocarbonyl (C=S) groups is 1. The van der Waals surface area contributed by atoms with Crippen LogP contribution in [-0.4, -0.2) is 42.0 Å². The second-order valence-electron chi connectivity index (χ2n) is 6.51. The topological polar surface area (TPSA) is 48.0 Å². The van der Waals surface area contributed by atoms with E-state index in [1.807, 2.05) is 38.1 Å². The Balaban J connectivity index is 1.71. The van der Waals surface area contributed by atoms with Crippen LogP contribution in [0.3, 0.4) is 0 Å². The highest BCUT2D eigenvalue weighted by atomic mass is 35.5. The minimum atomic E-state index is -0.132. The Hall–Kier alpha value is -2.22. The number of rotatable bonds is 8. The van der Waals surface area contributed by atoms with Crippen LogP contribution in [0.1, 0.15) is 18.1 Å². The van der Waals surface area contributed by atoms with Crippen LogP contribution in [0.15, 0.2) is 41.3 Å². The fourth-order valence-corrected chi connectivity index (χ4v) is 4.16. The zero-order valence-electron chi connectivity index (χ0n) is 16.9. The molecule has 0 spiro atoms. The molecule has 0 aliphatic carbocycles. The first-order chi connectivity index (χ1) is 14.4. The Labute approximate surface area is 190 Å². The van der Waals surface area contributed by atoms with Gasteiger partial charge in [0.1, 0.15) is 23.3 Å². The molecular formula is C22H22ClNO4S2. The molecule has 8 heteroatoms. The van der Waals surface area contributed by atoms with E-state index in [1.54, 1.807) is 25.3 Å². The minimum absolute atomic E-state index is 0.132. The van der Waals surface area contributed by atoms with Gasteiger partial charge in [0.05, 0.1) is 16.5 Å². The lowest BCUT2D eigenvalue weighted by molar-refractivity contribution is -0.121. The number of carbonyl (C=O) groups is 1. The van der Waals surface area contributed by atoms with Crippen LogP contribution < -0.4 is 14.2 Å². The number of halogens is 1. The summed E-state index contributed by atoms with van der Waals surface area (Å²) in [4.78, 5) is 14.2. The van der Waals surface area contributed by atoms with E-state index in [0.29, 0.717) is 45.6 Å². The normalized spacial score (nSPS) is 15.1. The van der Waals surface area contributed by atoms with Gasteiger partial charge in [0, 0.05) is 7.05 Å². The third kappa shape index (κ3) is 5.47. The van der Waals surface area contributed by atoms with Crippen molar-refractivity contribution in [3.63, 3.8) is 0 Å². The molecule has 0 saturated carbocycles. The number of benzene rings is 2. The van der Waals surface area contributed by atoms with E-state index >= 15 is 0 Å². The SMILES string of the molecule is CCOc1cc(/C=C2/SC(=S)N(C)C2=O)cc(Cl)c1OCCOc1ccc(C)cc1. The van der Waals surface area contributed by atoms with Gasteiger partial charge in [-0.25, -0.2) is 0 Å². The Bertz CT molecular complexity index is 976. The largest absolute Gasteiger partial charge is 0.490 e. The third-order valence-electron chi connectivity index (χ3n) is 4.24. The average molecular weight is 464 g/mol. The maximum atomic E-state index is 12.2. The number of likely N-dealkylation sites (N-methyl/N-ethyl adjacent to an activating group) is 1. The van der Waals surface area contributed by atoms with Crippen LogP contribution in [-0.2, 0) is 4.79 Å². The van der Waals surface area contributed by atoms with Crippen molar-refractivity contribution >= 4 is 51.9 Å². The van der Waals surface area contributed by atoms with Gasteiger partial charge < -0.3 is 14.2 Å². The molecule has 1 aliphatic heterocycles. The Morgan fingerprint density at radius 3 is 2.47 bits per heavy atom. The standard InChI is InChI=1S/C22H22ClNO4S2/c1-4-26-18-12-15(13-19-21(25)24(3)22(29)30-19)11-17(23)20(18)28-10-9-27-16-7-5-14(2)6-8-16/h5-8,11-13H,4,9-10H2,1-3H3/b19-13+. The molecule has 0 radical (unpaired) electrons. The van der Waals surface area contributed by atoms with Crippen molar-refractivity contribution in [1.29, 1.82) is 0 Å². The molecule has 0 unspecified atom stereocenters. The van der Waals surface area contributed by atoms with Crippen molar-refractivity contribution in [3.05, 3.63) is 57.5 Å². The summed E-state index contributed by atoms with van der Waals surface area (Å²) in [5, 5.41) is 0.398. The summed E-state index contributed by atoms with van der Waals surface area (Å²) in [6, 6.07) is 11.4. The van der Waals surface area contributed by atoms with Gasteiger partial charge in [0.2, 0.25) is 0 Å². The van der Waals surface area contributed by atoms with E-state index in [9.17, 15) is 4.79 Å². The van der Waals surface area contributed by atoms with E-state index in [4.69, 9.17) is 38.0 Å². The minimum Gasteiger partial charge on any atom is -0.490 e. The van der Waals surface area contributed by atoms with Crippen molar-refractivity contribution in [3.8, 4) is 17.2 Å². The van der Waals surface area contributed by atoms with E-state index in [2.05, 4.69) is 0 Å². The van der Waals surface area contributed by atoms with E-state index in [0.717, 1.165) is 11.3 Å². The van der Waals surface area contributed by atoms with E-state index in [-0.39, 0.29) is 5.91 Å². The van der Waals surface area contributed by atoms with Gasteiger partial charge in [-0.05, 0) is 49.8 Å². The molecule has 5 nitrogen and oxygen atoms in total. The number of amides is 1. The molecule has 0 N–H and O–H groups in total. The monoisotopic (exact) mass is 463 g/mol. The Morgan fingerprint density at radius 1 is 1.13 bits per heavy atom. The number of carbonyl (C=O) groups excluding carboxylic acids is 1. The molecule has 158 valence electrons. The van der Waals surface area contributed by atoms with Crippen molar-refractivity contribution in [2.45, 2.75) is 13.8 Å². The molecule has 3 rings (SSSR count). The summed E-state index contributed by atoms with van der Waals surface area (Å²) in [5.74, 6) is 1.61. The lowest BCUT2D eigenvalue weighted by Gasteiger charge is -2.15. The summed E-state index contributed by atoms with van der Waals surface area (Å²) in [5.41, 5.74) is 1.91. The lowest BCUT2D eigenvalue weighted by Crippen LogP contribution is -2.22. The number of aryl methyl sites for hydroxylation is 1. The highest BCUT2D eigenvalue weighted by Gasteiger charge is 2.28. The predicted octanol–water partition coefficient (Wildman–Crippen LogP) is 5.34. The molecule has 1 fully saturated rings. The third-order valence-corrected chi connectivity index (χ3v) is 6.00. The van der Waals surface area contributed by atoms with Gasteiger partial charge in [-0.3, -0.25) is 9.69 Å². The molecule has 0 bridgehead atoms. The molecular weight excluding hydrogens is 442 g/mol. The summed E-state index contributed by atoms with van der Waals surface area (Å²) < 4.78 is 17.8. The van der Waals surface area contributed by atoms with Crippen LogP contribution >= 0.6 is 35.6 Å². The van der Waals surface area contributed by atoms with Crippen LogP contribution in [0.5, 0.6) is 17.2 Å². The maximum absolute atomic E-state index is 12.2.